The Labute approximate surface area is 256 Å². The molecule has 0 aromatic heterocycles. The van der Waals surface area contributed by atoms with E-state index in [4.69, 9.17) is 14.6 Å². The zero-order chi connectivity index (χ0) is 28.5. The lowest BCUT2D eigenvalue weighted by atomic mass is 10.1. The van der Waals surface area contributed by atoms with E-state index < -0.39 is 16.6 Å². The van der Waals surface area contributed by atoms with Crippen LogP contribution in [0.3, 0.4) is 0 Å². The summed E-state index contributed by atoms with van der Waals surface area (Å²) in [5.74, 6) is 7.56. The number of carbonyl (C=O) groups is 2. The maximum absolute atomic E-state index is 12.4. The molecule has 1 aliphatic heterocycles. The highest BCUT2D eigenvalue weighted by atomic mass is 28.4. The van der Waals surface area contributed by atoms with Gasteiger partial charge in [0, 0.05) is 20.8 Å². The van der Waals surface area contributed by atoms with Gasteiger partial charge in [0.15, 0.2) is 0 Å². The third-order valence-electron chi connectivity index (χ3n) is 6.77. The summed E-state index contributed by atoms with van der Waals surface area (Å²) in [5.41, 5.74) is 8.60. The maximum Gasteiger partial charge on any atom is 0.261 e. The highest BCUT2D eigenvalue weighted by Gasteiger charge is 2.35. The number of rotatable bonds is 7. The van der Waals surface area contributed by atoms with Gasteiger partial charge in [0.1, 0.15) is 0 Å². The molecule has 228 valence electrons. The maximum atomic E-state index is 12.4. The van der Waals surface area contributed by atoms with Crippen molar-refractivity contribution < 1.29 is 18.4 Å². The standard InChI is InChI=1S/C18H19NO3Si.C10H17NOSi.CH4.H4N2.2H4Si/c1-22-23(2,3)14-10-8-13(9-11-14)12-19-17(20)15-6-4-5-7-16(15)18(19)21;1-12-13(2,3)10-6-4-9(8-11)5-7-10;;1-2;;/h4-11H,12H2,1-3H3;4-7H,8,11H2,1-3H3;1H4;1-2H2;2*1H4. The van der Waals surface area contributed by atoms with Crippen molar-refractivity contribution >= 4 is 60.8 Å². The molecule has 0 saturated carbocycles. The van der Waals surface area contributed by atoms with E-state index in [1.54, 1.807) is 38.5 Å². The molecule has 0 atom stereocenters. The number of hydrogen-bond acceptors (Lipinski definition) is 7. The molecule has 1 heterocycles. The third-order valence-corrected chi connectivity index (χ3v) is 12.3. The van der Waals surface area contributed by atoms with Gasteiger partial charge < -0.3 is 14.6 Å². The lowest BCUT2D eigenvalue weighted by molar-refractivity contribution is 0.0642. The van der Waals surface area contributed by atoms with E-state index in [-0.39, 0.29) is 41.2 Å². The Bertz CT molecular complexity index is 1190. The normalized spacial score (nSPS) is 11.9. The SMILES string of the molecule is C.CO[Si](C)(C)c1ccc(CN)cc1.CO[Si](C)(C)c1ccc(CN2C(=O)c3ccccc3C2=O)cc1.NN.[SiH4].[SiH4]. The van der Waals surface area contributed by atoms with E-state index in [9.17, 15) is 9.59 Å². The summed E-state index contributed by atoms with van der Waals surface area (Å²) in [7, 11) is 0.0391. The first-order valence-electron chi connectivity index (χ1n) is 12.3. The minimum absolute atomic E-state index is 0. The molecule has 3 aromatic rings. The quantitative estimate of drug-likeness (QED) is 0.148. The second kappa shape index (κ2) is 18.1. The Morgan fingerprint density at radius 2 is 1.00 bits per heavy atom. The zero-order valence-electron chi connectivity index (χ0n) is 23.2. The molecular formula is C29H52N4O4Si4. The first-order chi connectivity index (χ1) is 18.0. The van der Waals surface area contributed by atoms with Crippen LogP contribution in [0, 0.1) is 0 Å². The van der Waals surface area contributed by atoms with Crippen LogP contribution in [-0.2, 0) is 21.9 Å². The fourth-order valence-corrected chi connectivity index (χ4v) is 6.26. The van der Waals surface area contributed by atoms with Crippen LogP contribution in [0.25, 0.3) is 0 Å². The lowest BCUT2D eigenvalue weighted by Crippen LogP contribution is -2.43. The summed E-state index contributed by atoms with van der Waals surface area (Å²) in [4.78, 5) is 26.1. The molecule has 1 aliphatic rings. The summed E-state index contributed by atoms with van der Waals surface area (Å²) in [6.45, 7) is 9.53. The Balaban J connectivity index is 0. The van der Waals surface area contributed by atoms with Crippen LogP contribution >= 0.6 is 0 Å². The Hall–Kier alpha value is -2.53. The first kappa shape index (κ1) is 40.6. The van der Waals surface area contributed by atoms with Crippen molar-refractivity contribution in [3.63, 3.8) is 0 Å². The fraction of sp³-hybridized carbons (Fsp3) is 0.310. The smallest absolute Gasteiger partial charge is 0.261 e. The van der Waals surface area contributed by atoms with E-state index in [1.807, 2.05) is 24.3 Å². The summed E-state index contributed by atoms with van der Waals surface area (Å²) >= 11 is 0. The Morgan fingerprint density at radius 3 is 1.32 bits per heavy atom. The van der Waals surface area contributed by atoms with Crippen LogP contribution in [0.1, 0.15) is 39.3 Å². The molecule has 0 fully saturated rings. The predicted octanol–water partition coefficient (Wildman–Crippen LogP) is 0.297. The molecule has 0 aliphatic carbocycles. The topological polar surface area (TPSA) is 134 Å². The largest absolute Gasteiger partial charge is 0.416 e. The van der Waals surface area contributed by atoms with E-state index in [1.165, 1.54) is 20.8 Å². The second-order valence-electron chi connectivity index (χ2n) is 9.77. The van der Waals surface area contributed by atoms with E-state index in [2.05, 4.69) is 62.1 Å². The van der Waals surface area contributed by atoms with Crippen molar-refractivity contribution in [2.75, 3.05) is 14.2 Å². The summed E-state index contributed by atoms with van der Waals surface area (Å²) in [6.07, 6.45) is 0. The van der Waals surface area contributed by atoms with Gasteiger partial charge in [0.25, 0.3) is 11.8 Å². The molecule has 0 unspecified atom stereocenters. The molecule has 0 saturated heterocycles. The van der Waals surface area contributed by atoms with Crippen LogP contribution in [0.15, 0.2) is 72.8 Å². The zero-order valence-corrected chi connectivity index (χ0v) is 25.2. The molecule has 8 nitrogen and oxygen atoms in total. The van der Waals surface area contributed by atoms with Crippen LogP contribution in [0.5, 0.6) is 0 Å². The molecule has 41 heavy (non-hydrogen) atoms. The number of benzene rings is 3. The fourth-order valence-electron chi connectivity index (χ4n) is 3.85. The number of hydrazine groups is 1. The third kappa shape index (κ3) is 10.1. The molecule has 3 aromatic carbocycles. The van der Waals surface area contributed by atoms with Gasteiger partial charge in [0.05, 0.1) is 17.7 Å². The van der Waals surface area contributed by atoms with Crippen molar-refractivity contribution in [1.82, 2.24) is 4.90 Å². The van der Waals surface area contributed by atoms with Gasteiger partial charge in [-0.05, 0) is 81.8 Å². The monoisotopic (exact) mass is 632 g/mol. The van der Waals surface area contributed by atoms with Gasteiger partial charge in [-0.1, -0.05) is 68.1 Å². The Morgan fingerprint density at radius 1 is 0.659 bits per heavy atom. The van der Waals surface area contributed by atoms with Crippen LogP contribution in [0.2, 0.25) is 26.2 Å². The molecule has 0 radical (unpaired) electrons. The van der Waals surface area contributed by atoms with Gasteiger partial charge in [0.2, 0.25) is 16.6 Å². The molecular weight excluding hydrogens is 581 g/mol. The molecule has 6 N–H and O–H groups in total. The van der Waals surface area contributed by atoms with E-state index in [0.717, 1.165) is 5.56 Å². The molecule has 4 rings (SSSR count). The van der Waals surface area contributed by atoms with Crippen molar-refractivity contribution in [1.29, 1.82) is 0 Å². The lowest BCUT2D eigenvalue weighted by Gasteiger charge is -2.21. The predicted molar refractivity (Wildman–Crippen MR) is 187 cm³/mol. The van der Waals surface area contributed by atoms with Crippen LogP contribution in [-0.4, -0.2) is 69.5 Å². The number of carbonyl (C=O) groups excluding carboxylic acids is 2. The molecule has 2 amide bonds. The number of amides is 2. The van der Waals surface area contributed by atoms with Crippen molar-refractivity contribution in [2.24, 2.45) is 17.4 Å². The van der Waals surface area contributed by atoms with Crippen LogP contribution in [0.4, 0.5) is 0 Å². The van der Waals surface area contributed by atoms with E-state index >= 15 is 0 Å². The van der Waals surface area contributed by atoms with Gasteiger partial charge in [-0.15, -0.1) is 0 Å². The van der Waals surface area contributed by atoms with Gasteiger partial charge >= 0.3 is 0 Å². The van der Waals surface area contributed by atoms with Gasteiger partial charge in [-0.3, -0.25) is 26.2 Å². The average molecular weight is 633 g/mol. The summed E-state index contributed by atoms with van der Waals surface area (Å²) in [6, 6.07) is 23.3. The van der Waals surface area contributed by atoms with Crippen molar-refractivity contribution in [3.05, 3.63) is 95.1 Å². The highest BCUT2D eigenvalue weighted by molar-refractivity contribution is 6.84. The van der Waals surface area contributed by atoms with Crippen LogP contribution < -0.4 is 27.8 Å². The molecule has 0 spiro atoms. The molecule has 12 heteroatoms. The van der Waals surface area contributed by atoms with Gasteiger partial charge in [-0.25, -0.2) is 0 Å². The minimum Gasteiger partial charge on any atom is -0.416 e. The number of imide groups is 1. The van der Waals surface area contributed by atoms with E-state index in [0.29, 0.717) is 24.2 Å². The second-order valence-corrected chi connectivity index (χ2v) is 17.8. The van der Waals surface area contributed by atoms with Crippen molar-refractivity contribution in [2.45, 2.75) is 46.7 Å². The number of fused-ring (bicyclic) bond motifs is 1. The first-order valence-corrected chi connectivity index (χ1v) is 18.1. The summed E-state index contributed by atoms with van der Waals surface area (Å²) in [5, 5.41) is 2.50. The Kier molecular flexibility index (Phi) is 17.9. The summed E-state index contributed by atoms with van der Waals surface area (Å²) < 4.78 is 11.1. The number of nitrogens with two attached hydrogens (primary N) is 3. The van der Waals surface area contributed by atoms with Crippen molar-refractivity contribution in [3.8, 4) is 0 Å². The highest BCUT2D eigenvalue weighted by Crippen LogP contribution is 2.24. The number of nitrogens with zero attached hydrogens (tertiary/aromatic N) is 1. The van der Waals surface area contributed by atoms with Gasteiger partial charge in [-0.2, -0.15) is 0 Å². The minimum atomic E-state index is -1.85. The molecule has 0 bridgehead atoms. The average Bonchev–Trinajstić information content (AvgIpc) is 3.19. The number of hydrogen-bond donors (Lipinski definition) is 3.